The zero-order valence-electron chi connectivity index (χ0n) is 12.5. The topological polar surface area (TPSA) is 32.3 Å². The van der Waals surface area contributed by atoms with Gasteiger partial charge in [0.2, 0.25) is 5.91 Å². The van der Waals surface area contributed by atoms with Crippen molar-refractivity contribution < 1.29 is 4.79 Å². The molecule has 0 aliphatic carbocycles. The second kappa shape index (κ2) is 6.82. The molecule has 22 heavy (non-hydrogen) atoms. The van der Waals surface area contributed by atoms with E-state index in [1.54, 1.807) is 17.4 Å². The number of hydrogen-bond donors (Lipinski definition) is 1. The zero-order valence-corrected chi connectivity index (χ0v) is 14.0. The van der Waals surface area contributed by atoms with E-state index in [0.717, 1.165) is 19.4 Å². The van der Waals surface area contributed by atoms with E-state index in [1.165, 1.54) is 4.88 Å². The molecule has 0 radical (unpaired) electrons. The molecule has 2 atom stereocenters. The fraction of sp³-hybridized carbons (Fsp3) is 0.353. The predicted octanol–water partition coefficient (Wildman–Crippen LogP) is 4.57. The van der Waals surface area contributed by atoms with Crippen molar-refractivity contribution in [2.24, 2.45) is 0 Å². The summed E-state index contributed by atoms with van der Waals surface area (Å²) in [5.74, 6) is -0.00319. The number of benzene rings is 1. The van der Waals surface area contributed by atoms with Crippen molar-refractivity contribution in [1.29, 1.82) is 0 Å². The first-order valence-electron chi connectivity index (χ1n) is 7.51. The Hall–Kier alpha value is -1.36. The quantitative estimate of drug-likeness (QED) is 0.888. The van der Waals surface area contributed by atoms with Crippen LogP contribution in [0.3, 0.4) is 0 Å². The Labute approximate surface area is 139 Å². The molecule has 116 valence electrons. The maximum absolute atomic E-state index is 12.6. The molecule has 2 heterocycles. The van der Waals surface area contributed by atoms with E-state index in [1.807, 2.05) is 25.1 Å². The molecule has 0 bridgehead atoms. The van der Waals surface area contributed by atoms with Crippen molar-refractivity contribution in [2.75, 3.05) is 11.9 Å². The molecule has 2 unspecified atom stereocenters. The maximum Gasteiger partial charge on any atom is 0.241 e. The van der Waals surface area contributed by atoms with Crippen LogP contribution >= 0.6 is 22.9 Å². The van der Waals surface area contributed by atoms with Gasteiger partial charge in [-0.15, -0.1) is 11.3 Å². The third-order valence-electron chi connectivity index (χ3n) is 4.17. The lowest BCUT2D eigenvalue weighted by Gasteiger charge is -2.29. The van der Waals surface area contributed by atoms with Crippen LogP contribution in [0.15, 0.2) is 41.8 Å². The summed E-state index contributed by atoms with van der Waals surface area (Å²) in [5.41, 5.74) is 0.674. The highest BCUT2D eigenvalue weighted by atomic mass is 35.5. The van der Waals surface area contributed by atoms with Crippen LogP contribution in [0.5, 0.6) is 0 Å². The van der Waals surface area contributed by atoms with E-state index in [2.05, 4.69) is 27.7 Å². The Morgan fingerprint density at radius 3 is 2.91 bits per heavy atom. The van der Waals surface area contributed by atoms with Crippen LogP contribution in [-0.2, 0) is 4.79 Å². The SMILES string of the molecule is CC(C(=O)Nc1ccccc1Cl)N1CCCC1c1cccs1. The summed E-state index contributed by atoms with van der Waals surface area (Å²) in [5, 5.41) is 5.61. The minimum atomic E-state index is -0.175. The number of carbonyl (C=O) groups is 1. The molecule has 1 aromatic carbocycles. The van der Waals surface area contributed by atoms with E-state index in [9.17, 15) is 4.79 Å². The van der Waals surface area contributed by atoms with Gasteiger partial charge in [-0.3, -0.25) is 9.69 Å². The Morgan fingerprint density at radius 1 is 1.36 bits per heavy atom. The van der Waals surface area contributed by atoms with Crippen LogP contribution in [0.4, 0.5) is 5.69 Å². The van der Waals surface area contributed by atoms with Crippen LogP contribution < -0.4 is 5.32 Å². The molecule has 1 aromatic heterocycles. The Bertz CT molecular complexity index is 644. The number of nitrogens with one attached hydrogen (secondary N) is 1. The normalized spacial score (nSPS) is 20.0. The van der Waals surface area contributed by atoms with Crippen molar-refractivity contribution in [3.8, 4) is 0 Å². The second-order valence-corrected chi connectivity index (χ2v) is 6.94. The molecule has 2 aromatic rings. The van der Waals surface area contributed by atoms with Gasteiger partial charge in [0.1, 0.15) is 0 Å². The van der Waals surface area contributed by atoms with Crippen molar-refractivity contribution in [3.05, 3.63) is 51.7 Å². The number of likely N-dealkylation sites (tertiary alicyclic amines) is 1. The lowest BCUT2D eigenvalue weighted by atomic mass is 10.1. The van der Waals surface area contributed by atoms with Crippen LogP contribution in [0.25, 0.3) is 0 Å². The van der Waals surface area contributed by atoms with E-state index in [0.29, 0.717) is 16.8 Å². The molecule has 1 fully saturated rings. The van der Waals surface area contributed by atoms with Crippen molar-refractivity contribution >= 4 is 34.5 Å². The average Bonchev–Trinajstić information content (AvgIpc) is 3.19. The number of thiophene rings is 1. The highest BCUT2D eigenvalue weighted by Gasteiger charge is 2.33. The molecule has 1 aliphatic rings. The Morgan fingerprint density at radius 2 is 2.18 bits per heavy atom. The number of anilines is 1. The number of halogens is 1. The molecule has 1 N–H and O–H groups in total. The number of para-hydroxylation sites is 1. The van der Waals surface area contributed by atoms with Gasteiger partial charge in [0.25, 0.3) is 0 Å². The number of hydrogen-bond acceptors (Lipinski definition) is 3. The van der Waals surface area contributed by atoms with Crippen molar-refractivity contribution in [2.45, 2.75) is 31.8 Å². The first kappa shape index (κ1) is 15.5. The molecular formula is C17H19ClN2OS. The summed E-state index contributed by atoms with van der Waals surface area (Å²) in [6, 6.07) is 11.8. The van der Waals surface area contributed by atoms with Crippen LogP contribution in [0, 0.1) is 0 Å². The fourth-order valence-corrected chi connectivity index (χ4v) is 4.05. The number of carbonyl (C=O) groups excluding carboxylic acids is 1. The Kier molecular flexibility index (Phi) is 4.81. The van der Waals surface area contributed by atoms with Gasteiger partial charge in [0.15, 0.2) is 0 Å². The number of nitrogens with zero attached hydrogens (tertiary/aromatic N) is 1. The smallest absolute Gasteiger partial charge is 0.241 e. The Balaban J connectivity index is 1.71. The third-order valence-corrected chi connectivity index (χ3v) is 5.48. The van der Waals surface area contributed by atoms with Gasteiger partial charge in [-0.25, -0.2) is 0 Å². The van der Waals surface area contributed by atoms with Gasteiger partial charge in [0.05, 0.1) is 16.8 Å². The zero-order chi connectivity index (χ0) is 15.5. The summed E-state index contributed by atoms with van der Waals surface area (Å²) in [7, 11) is 0. The lowest BCUT2D eigenvalue weighted by Crippen LogP contribution is -2.41. The van der Waals surface area contributed by atoms with Crippen molar-refractivity contribution in [1.82, 2.24) is 4.90 Å². The molecule has 1 amide bonds. The molecule has 3 rings (SSSR count). The minimum Gasteiger partial charge on any atom is -0.323 e. The molecule has 0 saturated carbocycles. The van der Waals surface area contributed by atoms with E-state index >= 15 is 0 Å². The molecular weight excluding hydrogens is 316 g/mol. The molecule has 1 aliphatic heterocycles. The van der Waals surface area contributed by atoms with Crippen LogP contribution in [0.1, 0.15) is 30.7 Å². The summed E-state index contributed by atoms with van der Waals surface area (Å²) in [6.45, 7) is 2.93. The van der Waals surface area contributed by atoms with Gasteiger partial charge in [-0.05, 0) is 49.9 Å². The first-order valence-corrected chi connectivity index (χ1v) is 8.77. The molecule has 5 heteroatoms. The monoisotopic (exact) mass is 334 g/mol. The maximum atomic E-state index is 12.6. The highest BCUT2D eigenvalue weighted by molar-refractivity contribution is 7.10. The van der Waals surface area contributed by atoms with E-state index in [-0.39, 0.29) is 11.9 Å². The third kappa shape index (κ3) is 3.19. The number of amides is 1. The minimum absolute atomic E-state index is 0.00319. The van der Waals surface area contributed by atoms with Crippen LogP contribution in [-0.4, -0.2) is 23.4 Å². The largest absolute Gasteiger partial charge is 0.323 e. The highest BCUT2D eigenvalue weighted by Crippen LogP contribution is 2.36. The summed E-state index contributed by atoms with van der Waals surface area (Å²) >= 11 is 7.88. The number of rotatable bonds is 4. The lowest BCUT2D eigenvalue weighted by molar-refractivity contribution is -0.121. The van der Waals surface area contributed by atoms with Gasteiger partial charge < -0.3 is 5.32 Å². The summed E-state index contributed by atoms with van der Waals surface area (Å²) in [6.07, 6.45) is 2.25. The average molecular weight is 335 g/mol. The summed E-state index contributed by atoms with van der Waals surface area (Å²) < 4.78 is 0. The second-order valence-electron chi connectivity index (χ2n) is 5.56. The van der Waals surface area contributed by atoms with Gasteiger partial charge >= 0.3 is 0 Å². The fourth-order valence-electron chi connectivity index (χ4n) is 2.99. The first-order chi connectivity index (χ1) is 10.7. The van der Waals surface area contributed by atoms with Crippen LogP contribution in [0.2, 0.25) is 5.02 Å². The van der Waals surface area contributed by atoms with E-state index in [4.69, 9.17) is 11.6 Å². The van der Waals surface area contributed by atoms with Gasteiger partial charge in [0, 0.05) is 10.9 Å². The molecule has 3 nitrogen and oxygen atoms in total. The van der Waals surface area contributed by atoms with Crippen molar-refractivity contribution in [3.63, 3.8) is 0 Å². The standard InChI is InChI=1S/C17H19ClN2OS/c1-12(17(21)19-14-7-3-2-6-13(14)18)20-10-4-8-15(20)16-9-5-11-22-16/h2-3,5-7,9,11-12,15H,4,8,10H2,1H3,(H,19,21). The predicted molar refractivity (Wildman–Crippen MR) is 92.5 cm³/mol. The van der Waals surface area contributed by atoms with E-state index < -0.39 is 0 Å². The molecule has 0 spiro atoms. The van der Waals surface area contributed by atoms with Gasteiger partial charge in [-0.2, -0.15) is 0 Å². The molecule has 1 saturated heterocycles. The summed E-state index contributed by atoms with van der Waals surface area (Å²) in [4.78, 5) is 16.2. The van der Waals surface area contributed by atoms with Gasteiger partial charge in [-0.1, -0.05) is 29.8 Å².